The van der Waals surface area contributed by atoms with E-state index in [0.717, 1.165) is 0 Å². The van der Waals surface area contributed by atoms with Crippen molar-refractivity contribution in [1.82, 2.24) is 14.9 Å². The quantitative estimate of drug-likeness (QED) is 0.633. The zero-order valence-corrected chi connectivity index (χ0v) is 10.9. The summed E-state index contributed by atoms with van der Waals surface area (Å²) in [5.41, 5.74) is 0. The van der Waals surface area contributed by atoms with Gasteiger partial charge < -0.3 is 9.80 Å². The molecule has 3 aliphatic heterocycles. The maximum absolute atomic E-state index is 12.0. The van der Waals surface area contributed by atoms with Gasteiger partial charge in [0.1, 0.15) is 6.04 Å². The van der Waals surface area contributed by atoms with Crippen LogP contribution in [-0.4, -0.2) is 72.0 Å². The summed E-state index contributed by atoms with van der Waals surface area (Å²) in [6.45, 7) is 0.762. The van der Waals surface area contributed by atoms with Crippen molar-refractivity contribution in [3.8, 4) is 0 Å². The van der Waals surface area contributed by atoms with Crippen LogP contribution in [0.15, 0.2) is 0 Å². The van der Waals surface area contributed by atoms with E-state index < -0.39 is 28.5 Å². The van der Waals surface area contributed by atoms with Gasteiger partial charge in [-0.25, -0.2) is 4.79 Å². The van der Waals surface area contributed by atoms with Crippen LogP contribution in [0.5, 0.6) is 0 Å². The molecule has 10 heteroatoms. The lowest BCUT2D eigenvalue weighted by Crippen LogP contribution is -2.47. The fourth-order valence-electron chi connectivity index (χ4n) is 3.17. The topological polar surface area (TPSA) is 107 Å². The van der Waals surface area contributed by atoms with Crippen LogP contribution in [0, 0.1) is 5.92 Å². The molecule has 3 atom stereocenters. The average molecular weight is 291 g/mol. The number of hydrogen-bond acceptors (Lipinski definition) is 5. The summed E-state index contributed by atoms with van der Waals surface area (Å²) in [6, 6.07) is -1.71. The van der Waals surface area contributed by atoms with Crippen LogP contribution >= 0.6 is 0 Å². The average Bonchev–Trinajstić information content (AvgIpc) is 2.70. The van der Waals surface area contributed by atoms with E-state index in [1.54, 1.807) is 11.9 Å². The first-order valence-corrected chi connectivity index (χ1v) is 7.16. The van der Waals surface area contributed by atoms with Gasteiger partial charge in [-0.15, -0.1) is 4.28 Å². The number of likely N-dealkylation sites (tertiary alicyclic amines) is 1. The summed E-state index contributed by atoms with van der Waals surface area (Å²) in [5, 5.41) is 0.654. The van der Waals surface area contributed by atoms with E-state index in [0.29, 0.717) is 18.0 Å². The molecule has 3 fully saturated rings. The second-order valence-electron chi connectivity index (χ2n) is 5.08. The van der Waals surface area contributed by atoms with E-state index in [4.69, 9.17) is 4.55 Å². The third-order valence-corrected chi connectivity index (χ3v) is 4.19. The van der Waals surface area contributed by atoms with Gasteiger partial charge in [-0.1, -0.05) is 0 Å². The second-order valence-corrected chi connectivity index (χ2v) is 6.08. The molecule has 0 aromatic carbocycles. The Labute approximate surface area is 109 Å². The van der Waals surface area contributed by atoms with Crippen LogP contribution in [-0.2, 0) is 19.5 Å². The molecule has 1 N–H and O–H groups in total. The summed E-state index contributed by atoms with van der Waals surface area (Å²) in [6.07, 6.45) is 0.471. The van der Waals surface area contributed by atoms with E-state index in [9.17, 15) is 18.0 Å². The van der Waals surface area contributed by atoms with Crippen LogP contribution in [0.25, 0.3) is 0 Å². The highest BCUT2D eigenvalue weighted by Crippen LogP contribution is 2.38. The van der Waals surface area contributed by atoms with Gasteiger partial charge in [-0.3, -0.25) is 9.35 Å². The summed E-state index contributed by atoms with van der Waals surface area (Å²) < 4.78 is 34.4. The predicted octanol–water partition coefficient (Wildman–Crippen LogP) is -1.31. The van der Waals surface area contributed by atoms with Crippen molar-refractivity contribution >= 4 is 22.3 Å². The number of hydrogen-bond donors (Lipinski definition) is 1. The third kappa shape index (κ3) is 1.86. The smallest absolute Gasteiger partial charge is 0.344 e. The number of carbonyl (C=O) groups excluding carboxylic acids is 2. The minimum absolute atomic E-state index is 0.0322. The molecule has 0 aliphatic carbocycles. The molecule has 3 aliphatic rings. The Hall–Kier alpha value is -1.39. The van der Waals surface area contributed by atoms with E-state index in [-0.39, 0.29) is 18.4 Å². The summed E-state index contributed by atoms with van der Waals surface area (Å²) in [5.74, 6) is -0.180. The van der Waals surface area contributed by atoms with E-state index in [1.807, 2.05) is 0 Å². The Bertz CT molecular complexity index is 548. The van der Waals surface area contributed by atoms with Crippen LogP contribution < -0.4 is 0 Å². The van der Waals surface area contributed by atoms with Gasteiger partial charge in [0.25, 0.3) is 0 Å². The number of hydroxylamine groups is 2. The fourth-order valence-corrected chi connectivity index (χ4v) is 3.56. The van der Waals surface area contributed by atoms with Crippen molar-refractivity contribution in [3.63, 3.8) is 0 Å². The molecular weight excluding hydrogens is 278 g/mol. The Morgan fingerprint density at radius 3 is 2.63 bits per heavy atom. The lowest BCUT2D eigenvalue weighted by Gasteiger charge is -2.30. The number of amides is 3. The number of likely N-dealkylation sites (N-methyl/N-ethyl adjacent to an activating group) is 1. The number of urea groups is 1. The summed E-state index contributed by atoms with van der Waals surface area (Å²) >= 11 is 0. The van der Waals surface area contributed by atoms with Crippen molar-refractivity contribution in [2.75, 3.05) is 20.1 Å². The standard InChI is InChI=1S/C9H13N3O6S/c1-10-3-5-2-6-4-11(7(5)8(10)13)9(14)12(6)18-19(15,16)17/h5-7H,2-4H2,1H3,(H,15,16,17)/t5-,6+,7-/m0/s1. The first-order chi connectivity index (χ1) is 8.78. The minimum Gasteiger partial charge on any atom is -0.344 e. The van der Waals surface area contributed by atoms with Gasteiger partial charge in [0.2, 0.25) is 5.91 Å². The largest absolute Gasteiger partial charge is 0.418 e. The molecule has 3 amide bonds. The number of piperidine rings is 1. The van der Waals surface area contributed by atoms with Gasteiger partial charge in [0.05, 0.1) is 6.04 Å². The van der Waals surface area contributed by atoms with Crippen molar-refractivity contribution < 1.29 is 26.8 Å². The van der Waals surface area contributed by atoms with Gasteiger partial charge in [-0.2, -0.15) is 13.5 Å². The van der Waals surface area contributed by atoms with E-state index in [1.165, 1.54) is 4.90 Å². The molecule has 0 aromatic rings. The molecule has 0 unspecified atom stereocenters. The molecular formula is C9H13N3O6S. The van der Waals surface area contributed by atoms with Gasteiger partial charge in [-0.05, 0) is 6.42 Å². The number of nitrogens with zero attached hydrogens (tertiary/aromatic N) is 3. The zero-order chi connectivity index (χ0) is 13.9. The van der Waals surface area contributed by atoms with Crippen molar-refractivity contribution in [1.29, 1.82) is 0 Å². The van der Waals surface area contributed by atoms with Crippen LogP contribution in [0.3, 0.4) is 0 Å². The molecule has 9 nitrogen and oxygen atoms in total. The first kappa shape index (κ1) is 12.6. The highest BCUT2D eigenvalue weighted by Gasteiger charge is 2.56. The van der Waals surface area contributed by atoms with Crippen LogP contribution in [0.4, 0.5) is 4.79 Å². The normalized spacial score (nSPS) is 34.2. The Morgan fingerprint density at radius 1 is 1.32 bits per heavy atom. The van der Waals surface area contributed by atoms with Gasteiger partial charge >= 0.3 is 16.4 Å². The zero-order valence-electron chi connectivity index (χ0n) is 10.1. The van der Waals surface area contributed by atoms with Gasteiger partial charge in [0, 0.05) is 26.1 Å². The molecule has 3 heterocycles. The Morgan fingerprint density at radius 2 is 2.00 bits per heavy atom. The monoisotopic (exact) mass is 291 g/mol. The molecule has 0 saturated carbocycles. The predicted molar refractivity (Wildman–Crippen MR) is 59.9 cm³/mol. The lowest BCUT2D eigenvalue weighted by atomic mass is 9.91. The summed E-state index contributed by atoms with van der Waals surface area (Å²) in [7, 11) is -3.07. The Balaban J connectivity index is 1.88. The molecule has 0 spiro atoms. The van der Waals surface area contributed by atoms with Crippen LogP contribution in [0.1, 0.15) is 6.42 Å². The van der Waals surface area contributed by atoms with Crippen molar-refractivity contribution in [3.05, 3.63) is 0 Å². The maximum atomic E-state index is 12.0. The highest BCUT2D eigenvalue weighted by molar-refractivity contribution is 7.80. The number of rotatable bonds is 2. The first-order valence-electron chi connectivity index (χ1n) is 5.80. The third-order valence-electron chi connectivity index (χ3n) is 3.84. The lowest BCUT2D eigenvalue weighted by molar-refractivity contribution is -0.130. The van der Waals surface area contributed by atoms with E-state index in [2.05, 4.69) is 4.28 Å². The van der Waals surface area contributed by atoms with Gasteiger partial charge in [0.15, 0.2) is 0 Å². The Kier molecular flexibility index (Phi) is 2.53. The highest BCUT2D eigenvalue weighted by atomic mass is 32.3. The molecule has 2 bridgehead atoms. The molecule has 3 saturated heterocycles. The molecule has 3 rings (SSSR count). The SMILES string of the molecule is CN1C[C@@H]2C[C@@H]3CN(C(=O)N3OS(=O)(=O)O)[C@@H]2C1=O. The van der Waals surface area contributed by atoms with Crippen molar-refractivity contribution in [2.45, 2.75) is 18.5 Å². The van der Waals surface area contributed by atoms with E-state index >= 15 is 0 Å². The molecule has 19 heavy (non-hydrogen) atoms. The summed E-state index contributed by atoms with van der Waals surface area (Å²) in [4.78, 5) is 26.9. The molecule has 106 valence electrons. The molecule has 0 aromatic heterocycles. The van der Waals surface area contributed by atoms with Crippen molar-refractivity contribution in [2.24, 2.45) is 5.92 Å². The number of carbonyl (C=O) groups is 2. The number of fused-ring (bicyclic) bond motifs is 4. The minimum atomic E-state index is -4.74. The maximum Gasteiger partial charge on any atom is 0.418 e. The molecule has 0 radical (unpaired) electrons. The van der Waals surface area contributed by atoms with Crippen LogP contribution in [0.2, 0.25) is 0 Å². The second kappa shape index (κ2) is 3.81. The fraction of sp³-hybridized carbons (Fsp3) is 0.778.